The van der Waals surface area contributed by atoms with Gasteiger partial charge >= 0.3 is 0 Å². The molecule has 1 aromatic carbocycles. The van der Waals surface area contributed by atoms with Crippen molar-refractivity contribution < 1.29 is 4.79 Å². The molecular formula is C13H14N2O2S. The van der Waals surface area contributed by atoms with Crippen LogP contribution < -0.4 is 5.56 Å². The normalized spacial score (nSPS) is 12.6. The molecule has 1 atom stereocenters. The maximum absolute atomic E-state index is 12.1. The van der Waals surface area contributed by atoms with Crippen LogP contribution in [0.5, 0.6) is 0 Å². The van der Waals surface area contributed by atoms with Gasteiger partial charge in [-0.2, -0.15) is 0 Å². The lowest BCUT2D eigenvalue weighted by Gasteiger charge is -2.11. The first-order valence-electron chi connectivity index (χ1n) is 5.63. The monoisotopic (exact) mass is 262 g/mol. The fourth-order valence-corrected chi connectivity index (χ4v) is 2.42. The molecule has 0 radical (unpaired) electrons. The molecule has 18 heavy (non-hydrogen) atoms. The van der Waals surface area contributed by atoms with E-state index in [0.29, 0.717) is 16.1 Å². The highest BCUT2D eigenvalue weighted by Gasteiger charge is 2.14. The van der Waals surface area contributed by atoms with Gasteiger partial charge in [0.05, 0.1) is 16.2 Å². The van der Waals surface area contributed by atoms with Crippen molar-refractivity contribution in [1.82, 2.24) is 9.55 Å². The van der Waals surface area contributed by atoms with Gasteiger partial charge < -0.3 is 0 Å². The summed E-state index contributed by atoms with van der Waals surface area (Å²) in [5.74, 6) is 0.0717. The van der Waals surface area contributed by atoms with Crippen molar-refractivity contribution >= 4 is 28.4 Å². The third kappa shape index (κ3) is 2.31. The highest BCUT2D eigenvalue weighted by Crippen LogP contribution is 2.21. The Kier molecular flexibility index (Phi) is 3.52. The fraction of sp³-hybridized carbons (Fsp3) is 0.308. The predicted octanol–water partition coefficient (Wildman–Crippen LogP) is 2.00. The number of para-hydroxylation sites is 1. The third-order valence-electron chi connectivity index (χ3n) is 2.80. The second-order valence-corrected chi connectivity index (χ2v) is 5.45. The van der Waals surface area contributed by atoms with Crippen LogP contribution in [-0.4, -0.2) is 20.6 Å². The van der Waals surface area contributed by atoms with E-state index in [1.54, 1.807) is 19.2 Å². The molecule has 1 aromatic heterocycles. The first-order chi connectivity index (χ1) is 8.50. The largest absolute Gasteiger partial charge is 0.299 e. The molecule has 5 heteroatoms. The molecule has 1 heterocycles. The summed E-state index contributed by atoms with van der Waals surface area (Å²) in [7, 11) is 1.68. The van der Waals surface area contributed by atoms with Gasteiger partial charge in [-0.1, -0.05) is 23.9 Å². The molecule has 0 saturated heterocycles. The molecule has 0 saturated carbocycles. The zero-order valence-corrected chi connectivity index (χ0v) is 11.3. The number of Topliss-reactive ketones (excluding diaryl/α,β-unsaturated/α-hetero) is 1. The Hall–Kier alpha value is -1.62. The van der Waals surface area contributed by atoms with Gasteiger partial charge in [0.1, 0.15) is 5.78 Å². The number of benzene rings is 1. The number of hydrogen-bond acceptors (Lipinski definition) is 4. The maximum atomic E-state index is 12.1. The number of aromatic nitrogens is 2. The molecule has 0 N–H and O–H groups in total. The minimum absolute atomic E-state index is 0.0717. The van der Waals surface area contributed by atoms with E-state index in [1.165, 1.54) is 23.3 Å². The summed E-state index contributed by atoms with van der Waals surface area (Å²) in [6.07, 6.45) is 0. The first kappa shape index (κ1) is 12.8. The van der Waals surface area contributed by atoms with Gasteiger partial charge in [0, 0.05) is 7.05 Å². The van der Waals surface area contributed by atoms with Crippen molar-refractivity contribution in [3.8, 4) is 0 Å². The molecule has 0 amide bonds. The van der Waals surface area contributed by atoms with Gasteiger partial charge in [0.2, 0.25) is 0 Å². The molecule has 0 bridgehead atoms. The number of nitrogens with zero attached hydrogens (tertiary/aromatic N) is 2. The molecule has 0 aliphatic carbocycles. The van der Waals surface area contributed by atoms with Gasteiger partial charge in [0.25, 0.3) is 5.56 Å². The molecule has 4 nitrogen and oxygen atoms in total. The minimum atomic E-state index is -0.204. The van der Waals surface area contributed by atoms with Crippen LogP contribution >= 0.6 is 11.8 Å². The third-order valence-corrected chi connectivity index (χ3v) is 4.06. The van der Waals surface area contributed by atoms with Crippen molar-refractivity contribution in [1.29, 1.82) is 0 Å². The van der Waals surface area contributed by atoms with Crippen molar-refractivity contribution in [2.24, 2.45) is 7.05 Å². The Morgan fingerprint density at radius 1 is 1.39 bits per heavy atom. The Labute approximate surface area is 109 Å². The van der Waals surface area contributed by atoms with Crippen LogP contribution in [0.2, 0.25) is 0 Å². The number of carbonyl (C=O) groups excluding carboxylic acids is 1. The summed E-state index contributed by atoms with van der Waals surface area (Å²) < 4.78 is 1.49. The Morgan fingerprint density at radius 3 is 2.72 bits per heavy atom. The number of thioether (sulfide) groups is 1. The molecule has 94 valence electrons. The van der Waals surface area contributed by atoms with Crippen molar-refractivity contribution in [2.45, 2.75) is 24.3 Å². The molecule has 2 aromatic rings. The SMILES string of the molecule is CC(=O)C(C)Sc1nc2ccccc2c(=O)n1C. The summed E-state index contributed by atoms with van der Waals surface area (Å²) >= 11 is 1.31. The number of rotatable bonds is 3. The van der Waals surface area contributed by atoms with Gasteiger partial charge in [0.15, 0.2) is 5.16 Å². The average molecular weight is 262 g/mol. The molecule has 0 aliphatic heterocycles. The Morgan fingerprint density at radius 2 is 2.06 bits per heavy atom. The summed E-state index contributed by atoms with van der Waals surface area (Å²) in [6.45, 7) is 3.35. The number of carbonyl (C=O) groups is 1. The van der Waals surface area contributed by atoms with E-state index < -0.39 is 0 Å². The number of hydrogen-bond donors (Lipinski definition) is 0. The molecule has 0 fully saturated rings. The van der Waals surface area contributed by atoms with Crippen LogP contribution in [0.1, 0.15) is 13.8 Å². The van der Waals surface area contributed by atoms with Crippen LogP contribution in [-0.2, 0) is 11.8 Å². The summed E-state index contributed by atoms with van der Waals surface area (Å²) in [5, 5.41) is 0.963. The lowest BCUT2D eigenvalue weighted by atomic mass is 10.2. The van der Waals surface area contributed by atoms with Crippen LogP contribution in [0.3, 0.4) is 0 Å². The van der Waals surface area contributed by atoms with E-state index in [2.05, 4.69) is 4.98 Å². The van der Waals surface area contributed by atoms with E-state index in [1.807, 2.05) is 19.1 Å². The quantitative estimate of drug-likeness (QED) is 0.627. The van der Waals surface area contributed by atoms with E-state index in [-0.39, 0.29) is 16.6 Å². The smallest absolute Gasteiger partial charge is 0.261 e. The van der Waals surface area contributed by atoms with Crippen LogP contribution in [0.4, 0.5) is 0 Å². The standard InChI is InChI=1S/C13H14N2O2S/c1-8(16)9(2)18-13-14-11-7-5-4-6-10(11)12(17)15(13)3/h4-7,9H,1-3H3. The number of fused-ring (bicyclic) bond motifs is 1. The van der Waals surface area contributed by atoms with Crippen molar-refractivity contribution in [2.75, 3.05) is 0 Å². The first-order valence-corrected chi connectivity index (χ1v) is 6.51. The highest BCUT2D eigenvalue weighted by atomic mass is 32.2. The molecule has 0 spiro atoms. The fourth-order valence-electron chi connectivity index (χ4n) is 1.54. The Balaban J connectivity index is 2.55. The zero-order chi connectivity index (χ0) is 13.3. The van der Waals surface area contributed by atoms with E-state index in [4.69, 9.17) is 0 Å². The molecular weight excluding hydrogens is 248 g/mol. The van der Waals surface area contributed by atoms with Crippen LogP contribution in [0.25, 0.3) is 10.9 Å². The minimum Gasteiger partial charge on any atom is -0.299 e. The summed E-state index contributed by atoms with van der Waals surface area (Å²) in [6, 6.07) is 7.22. The second-order valence-electron chi connectivity index (χ2n) is 4.15. The predicted molar refractivity (Wildman–Crippen MR) is 73.0 cm³/mol. The van der Waals surface area contributed by atoms with Crippen molar-refractivity contribution in [3.05, 3.63) is 34.6 Å². The maximum Gasteiger partial charge on any atom is 0.261 e. The highest BCUT2D eigenvalue weighted by molar-refractivity contribution is 8.00. The molecule has 2 rings (SSSR count). The van der Waals surface area contributed by atoms with E-state index in [0.717, 1.165) is 0 Å². The van der Waals surface area contributed by atoms with Gasteiger partial charge in [-0.15, -0.1) is 0 Å². The molecule has 1 unspecified atom stereocenters. The molecule has 0 aliphatic rings. The Bertz CT molecular complexity index is 664. The van der Waals surface area contributed by atoms with Gasteiger partial charge in [-0.05, 0) is 26.0 Å². The van der Waals surface area contributed by atoms with Gasteiger partial charge in [-0.25, -0.2) is 4.98 Å². The average Bonchev–Trinajstić information content (AvgIpc) is 2.35. The van der Waals surface area contributed by atoms with E-state index in [9.17, 15) is 9.59 Å². The zero-order valence-electron chi connectivity index (χ0n) is 10.5. The van der Waals surface area contributed by atoms with E-state index >= 15 is 0 Å². The number of ketones is 1. The van der Waals surface area contributed by atoms with Gasteiger partial charge in [-0.3, -0.25) is 14.2 Å². The summed E-state index contributed by atoms with van der Waals surface area (Å²) in [4.78, 5) is 27.8. The van der Waals surface area contributed by atoms with Crippen LogP contribution in [0, 0.1) is 0 Å². The van der Waals surface area contributed by atoms with Crippen LogP contribution in [0.15, 0.2) is 34.2 Å². The lowest BCUT2D eigenvalue weighted by molar-refractivity contribution is -0.116. The lowest BCUT2D eigenvalue weighted by Crippen LogP contribution is -2.21. The second kappa shape index (κ2) is 4.94. The topological polar surface area (TPSA) is 52.0 Å². The summed E-state index contributed by atoms with van der Waals surface area (Å²) in [5.41, 5.74) is 0.581. The van der Waals surface area contributed by atoms with Crippen molar-refractivity contribution in [3.63, 3.8) is 0 Å².